The third kappa shape index (κ3) is 3.72. The number of piperidine rings is 2. The summed E-state index contributed by atoms with van der Waals surface area (Å²) in [5, 5.41) is 14.9. The van der Waals surface area contributed by atoms with Crippen molar-refractivity contribution < 1.29 is 4.79 Å². The number of likely N-dealkylation sites (tertiary alicyclic amines) is 1. The van der Waals surface area contributed by atoms with Crippen LogP contribution in [0, 0.1) is 0 Å². The number of hydrogen-bond donors (Lipinski definition) is 2. The second-order valence-corrected chi connectivity index (χ2v) is 6.72. The molecule has 8 heteroatoms. The van der Waals surface area contributed by atoms with Gasteiger partial charge in [-0.15, -0.1) is 12.4 Å². The van der Waals surface area contributed by atoms with E-state index in [-0.39, 0.29) is 24.4 Å². The van der Waals surface area contributed by atoms with Gasteiger partial charge in [0.05, 0.1) is 18.3 Å². The summed E-state index contributed by atoms with van der Waals surface area (Å²) in [4.78, 5) is 15.0. The molecule has 2 aromatic rings. The van der Waals surface area contributed by atoms with E-state index in [1.54, 1.807) is 0 Å². The SMILES string of the molecule is Cl.O=C(c1ccn(C2CCCNC2)n1)N1CCCCC1c1cn[nH]c1. The number of aromatic amines is 1. The minimum Gasteiger partial charge on any atom is -0.330 e. The van der Waals surface area contributed by atoms with Crippen molar-refractivity contribution in [1.82, 2.24) is 30.2 Å². The molecule has 2 atom stereocenters. The lowest BCUT2D eigenvalue weighted by molar-refractivity contribution is 0.0604. The Kier molecular flexibility index (Phi) is 5.75. The summed E-state index contributed by atoms with van der Waals surface area (Å²) in [6, 6.07) is 2.32. The van der Waals surface area contributed by atoms with E-state index in [4.69, 9.17) is 0 Å². The van der Waals surface area contributed by atoms with Crippen molar-refractivity contribution in [2.24, 2.45) is 0 Å². The van der Waals surface area contributed by atoms with Gasteiger partial charge in [-0.3, -0.25) is 14.6 Å². The lowest BCUT2D eigenvalue weighted by Gasteiger charge is -2.34. The minimum absolute atomic E-state index is 0. The minimum atomic E-state index is 0. The summed E-state index contributed by atoms with van der Waals surface area (Å²) in [5.74, 6) is 0.0309. The van der Waals surface area contributed by atoms with Crippen LogP contribution in [0.5, 0.6) is 0 Å². The number of aromatic nitrogens is 4. The van der Waals surface area contributed by atoms with Gasteiger partial charge < -0.3 is 10.2 Å². The van der Waals surface area contributed by atoms with Crippen LogP contribution in [0.3, 0.4) is 0 Å². The highest BCUT2D eigenvalue weighted by Gasteiger charge is 2.30. The summed E-state index contributed by atoms with van der Waals surface area (Å²) in [7, 11) is 0. The Bertz CT molecular complexity index is 679. The molecule has 2 unspecified atom stereocenters. The molecule has 2 saturated heterocycles. The van der Waals surface area contributed by atoms with E-state index in [9.17, 15) is 4.79 Å². The second-order valence-electron chi connectivity index (χ2n) is 6.72. The molecule has 0 saturated carbocycles. The number of amides is 1. The van der Waals surface area contributed by atoms with Crippen LogP contribution in [0.25, 0.3) is 0 Å². The van der Waals surface area contributed by atoms with Gasteiger partial charge in [0.15, 0.2) is 0 Å². The zero-order valence-electron chi connectivity index (χ0n) is 14.2. The number of H-pyrrole nitrogens is 1. The van der Waals surface area contributed by atoms with E-state index >= 15 is 0 Å². The maximum atomic E-state index is 13.0. The standard InChI is InChI=1S/C17H24N6O.ClH/c24-17(15-6-9-23(21-15)14-4-3-7-18-12-14)22-8-2-1-5-16(22)13-10-19-20-11-13;/h6,9-11,14,16,18H,1-5,7-8,12H2,(H,19,20);1H. The Labute approximate surface area is 153 Å². The van der Waals surface area contributed by atoms with Gasteiger partial charge in [0.2, 0.25) is 0 Å². The van der Waals surface area contributed by atoms with Gasteiger partial charge in [0, 0.05) is 31.0 Å². The predicted molar refractivity (Wildman–Crippen MR) is 96.8 cm³/mol. The lowest BCUT2D eigenvalue weighted by atomic mass is 9.97. The Morgan fingerprint density at radius 3 is 2.92 bits per heavy atom. The molecular weight excluding hydrogens is 340 g/mol. The zero-order valence-corrected chi connectivity index (χ0v) is 15.0. The molecule has 0 aromatic carbocycles. The van der Waals surface area contributed by atoms with Crippen molar-refractivity contribution in [2.75, 3.05) is 19.6 Å². The molecule has 0 radical (unpaired) electrons. The first-order valence-electron chi connectivity index (χ1n) is 8.88. The maximum Gasteiger partial charge on any atom is 0.274 e. The summed E-state index contributed by atoms with van der Waals surface area (Å²) in [6.07, 6.45) is 11.1. The fourth-order valence-corrected chi connectivity index (χ4v) is 3.83. The number of hydrogen-bond acceptors (Lipinski definition) is 4. The smallest absolute Gasteiger partial charge is 0.274 e. The summed E-state index contributed by atoms with van der Waals surface area (Å²) in [6.45, 7) is 2.78. The lowest BCUT2D eigenvalue weighted by Crippen LogP contribution is -2.38. The van der Waals surface area contributed by atoms with E-state index in [2.05, 4.69) is 20.6 Å². The molecule has 0 aliphatic carbocycles. The van der Waals surface area contributed by atoms with E-state index in [0.29, 0.717) is 11.7 Å². The van der Waals surface area contributed by atoms with Crippen LogP contribution >= 0.6 is 12.4 Å². The molecule has 136 valence electrons. The third-order valence-corrected chi connectivity index (χ3v) is 5.14. The Hall–Kier alpha value is -1.86. The molecular formula is C17H25ClN6O. The van der Waals surface area contributed by atoms with Gasteiger partial charge >= 0.3 is 0 Å². The fourth-order valence-electron chi connectivity index (χ4n) is 3.83. The number of halogens is 1. The Morgan fingerprint density at radius 1 is 1.24 bits per heavy atom. The summed E-state index contributed by atoms with van der Waals surface area (Å²) in [5.41, 5.74) is 1.63. The first kappa shape index (κ1) is 17.9. The van der Waals surface area contributed by atoms with Crippen molar-refractivity contribution >= 4 is 18.3 Å². The maximum absolute atomic E-state index is 13.0. The molecule has 7 nitrogen and oxygen atoms in total. The van der Waals surface area contributed by atoms with Crippen LogP contribution in [-0.4, -0.2) is 50.4 Å². The van der Waals surface area contributed by atoms with Gasteiger partial charge in [0.1, 0.15) is 5.69 Å². The molecule has 2 N–H and O–H groups in total. The number of carbonyl (C=O) groups excluding carboxylic acids is 1. The van der Waals surface area contributed by atoms with Crippen molar-refractivity contribution in [3.63, 3.8) is 0 Å². The Balaban J connectivity index is 0.00000182. The Morgan fingerprint density at radius 2 is 2.16 bits per heavy atom. The first-order chi connectivity index (χ1) is 11.8. The van der Waals surface area contributed by atoms with E-state index in [1.807, 2.05) is 34.2 Å². The molecule has 2 aliphatic heterocycles. The van der Waals surface area contributed by atoms with Gasteiger partial charge in [-0.05, 0) is 44.7 Å². The van der Waals surface area contributed by atoms with Crippen LogP contribution in [-0.2, 0) is 0 Å². The van der Waals surface area contributed by atoms with Gasteiger partial charge in [-0.2, -0.15) is 10.2 Å². The monoisotopic (exact) mass is 364 g/mol. The molecule has 0 bridgehead atoms. The molecule has 25 heavy (non-hydrogen) atoms. The normalized spacial score (nSPS) is 23.9. The van der Waals surface area contributed by atoms with E-state index in [1.165, 1.54) is 0 Å². The number of carbonyl (C=O) groups is 1. The van der Waals surface area contributed by atoms with Gasteiger partial charge in [-0.1, -0.05) is 0 Å². The molecule has 4 heterocycles. The molecule has 2 aromatic heterocycles. The van der Waals surface area contributed by atoms with Gasteiger partial charge in [0.25, 0.3) is 5.91 Å². The second kappa shape index (κ2) is 8.01. The largest absolute Gasteiger partial charge is 0.330 e. The van der Waals surface area contributed by atoms with Crippen LogP contribution < -0.4 is 5.32 Å². The summed E-state index contributed by atoms with van der Waals surface area (Å²) < 4.78 is 1.95. The highest BCUT2D eigenvalue weighted by atomic mass is 35.5. The average Bonchev–Trinajstić information content (AvgIpc) is 3.34. The van der Waals surface area contributed by atoms with Crippen LogP contribution in [0.1, 0.15) is 60.2 Å². The molecule has 4 rings (SSSR count). The highest BCUT2D eigenvalue weighted by Crippen LogP contribution is 2.31. The van der Waals surface area contributed by atoms with E-state index in [0.717, 1.165) is 57.3 Å². The van der Waals surface area contributed by atoms with Crippen molar-refractivity contribution in [3.8, 4) is 0 Å². The van der Waals surface area contributed by atoms with Crippen molar-refractivity contribution in [3.05, 3.63) is 35.9 Å². The molecule has 2 fully saturated rings. The van der Waals surface area contributed by atoms with Crippen molar-refractivity contribution in [1.29, 1.82) is 0 Å². The molecule has 2 aliphatic rings. The number of nitrogens with zero attached hydrogens (tertiary/aromatic N) is 4. The van der Waals surface area contributed by atoms with Crippen LogP contribution in [0.15, 0.2) is 24.7 Å². The average molecular weight is 365 g/mol. The predicted octanol–water partition coefficient (Wildman–Crippen LogP) is 2.32. The van der Waals surface area contributed by atoms with Gasteiger partial charge in [-0.25, -0.2) is 0 Å². The topological polar surface area (TPSA) is 78.8 Å². The zero-order chi connectivity index (χ0) is 16.4. The highest BCUT2D eigenvalue weighted by molar-refractivity contribution is 5.92. The molecule has 0 spiro atoms. The van der Waals surface area contributed by atoms with Crippen LogP contribution in [0.2, 0.25) is 0 Å². The van der Waals surface area contributed by atoms with Crippen LogP contribution in [0.4, 0.5) is 0 Å². The third-order valence-electron chi connectivity index (χ3n) is 5.14. The van der Waals surface area contributed by atoms with Crippen molar-refractivity contribution in [2.45, 2.75) is 44.2 Å². The first-order valence-corrected chi connectivity index (χ1v) is 8.88. The number of nitrogens with one attached hydrogen (secondary N) is 2. The molecule has 1 amide bonds. The quantitative estimate of drug-likeness (QED) is 0.876. The number of rotatable bonds is 3. The van der Waals surface area contributed by atoms with E-state index < -0.39 is 0 Å². The summed E-state index contributed by atoms with van der Waals surface area (Å²) >= 11 is 0. The fraction of sp³-hybridized carbons (Fsp3) is 0.588.